The highest BCUT2D eigenvalue weighted by atomic mass is 35.5. The van der Waals surface area contributed by atoms with Gasteiger partial charge in [-0.15, -0.1) is 0 Å². The molecule has 2 aromatic rings. The Morgan fingerprint density at radius 3 is 2.41 bits per heavy atom. The van der Waals surface area contributed by atoms with Crippen LogP contribution in [0.25, 0.3) is 6.08 Å². The van der Waals surface area contributed by atoms with E-state index < -0.39 is 0 Å². The molecule has 0 N–H and O–H groups in total. The zero-order valence-electron chi connectivity index (χ0n) is 16.5. The van der Waals surface area contributed by atoms with Crippen LogP contribution in [0.2, 0.25) is 5.02 Å². The van der Waals surface area contributed by atoms with Crippen LogP contribution in [-0.2, 0) is 4.79 Å². The summed E-state index contributed by atoms with van der Waals surface area (Å²) in [6, 6.07) is 15.8. The van der Waals surface area contributed by atoms with Gasteiger partial charge in [0, 0.05) is 30.3 Å². The molecule has 2 aliphatic rings. The van der Waals surface area contributed by atoms with Gasteiger partial charge in [0.05, 0.1) is 10.6 Å². The molecule has 0 unspecified atom stereocenters. The molecular weight excluding hydrogens is 402 g/mol. The SMILES string of the molecule is CCCN1C(=O)/C(=C/c2ccc(N3CCCC3)cc2)SC1=Nc1ccc(Cl)cc1. The summed E-state index contributed by atoms with van der Waals surface area (Å²) in [7, 11) is 0. The number of carbonyl (C=O) groups excluding carboxylic acids is 1. The number of amides is 1. The van der Waals surface area contributed by atoms with Crippen molar-refractivity contribution in [1.29, 1.82) is 0 Å². The number of anilines is 1. The van der Waals surface area contributed by atoms with Crippen LogP contribution in [0, 0.1) is 0 Å². The molecule has 2 fully saturated rings. The van der Waals surface area contributed by atoms with Gasteiger partial charge in [0.25, 0.3) is 5.91 Å². The molecule has 2 aromatic carbocycles. The number of thioether (sulfide) groups is 1. The fourth-order valence-corrected chi connectivity index (χ4v) is 4.70. The third-order valence-electron chi connectivity index (χ3n) is 5.05. The molecule has 0 aliphatic carbocycles. The van der Waals surface area contributed by atoms with Gasteiger partial charge in [-0.3, -0.25) is 9.69 Å². The van der Waals surface area contributed by atoms with E-state index in [1.165, 1.54) is 30.3 Å². The normalized spacial score (nSPS) is 19.7. The van der Waals surface area contributed by atoms with E-state index in [2.05, 4.69) is 41.1 Å². The van der Waals surface area contributed by atoms with Crippen LogP contribution in [0.4, 0.5) is 11.4 Å². The molecule has 29 heavy (non-hydrogen) atoms. The highest BCUT2D eigenvalue weighted by molar-refractivity contribution is 8.18. The van der Waals surface area contributed by atoms with Gasteiger partial charge in [0.2, 0.25) is 0 Å². The van der Waals surface area contributed by atoms with Gasteiger partial charge in [-0.05, 0) is 79.1 Å². The second-order valence-corrected chi connectivity index (χ2v) is 8.67. The first-order valence-electron chi connectivity index (χ1n) is 10.0. The predicted octanol–water partition coefficient (Wildman–Crippen LogP) is 5.95. The fourth-order valence-electron chi connectivity index (χ4n) is 3.55. The van der Waals surface area contributed by atoms with E-state index in [4.69, 9.17) is 11.6 Å². The van der Waals surface area contributed by atoms with Crippen LogP contribution in [0.15, 0.2) is 58.4 Å². The van der Waals surface area contributed by atoms with Crippen molar-refractivity contribution in [3.8, 4) is 0 Å². The van der Waals surface area contributed by atoms with Crippen molar-refractivity contribution in [2.24, 2.45) is 4.99 Å². The van der Waals surface area contributed by atoms with Gasteiger partial charge in [-0.1, -0.05) is 30.7 Å². The lowest BCUT2D eigenvalue weighted by atomic mass is 10.2. The standard InChI is InChI=1S/C23H24ClN3OS/c1-2-13-27-22(28)21(29-23(27)25-19-9-7-18(24)8-10-19)16-17-5-11-20(12-6-17)26-14-3-4-15-26/h5-12,16H,2-4,13-15H2,1H3/b21-16-,25-23?. The first-order valence-corrected chi connectivity index (χ1v) is 11.2. The molecule has 0 aromatic heterocycles. The number of carbonyl (C=O) groups is 1. The highest BCUT2D eigenvalue weighted by Crippen LogP contribution is 2.34. The second-order valence-electron chi connectivity index (χ2n) is 7.22. The first kappa shape index (κ1) is 20.0. The number of halogens is 1. The largest absolute Gasteiger partial charge is 0.372 e. The second kappa shape index (κ2) is 9.06. The number of amidine groups is 1. The van der Waals surface area contributed by atoms with Crippen molar-refractivity contribution in [1.82, 2.24) is 4.90 Å². The van der Waals surface area contributed by atoms with Crippen LogP contribution in [0.5, 0.6) is 0 Å². The van der Waals surface area contributed by atoms with Crippen LogP contribution >= 0.6 is 23.4 Å². The molecule has 4 nitrogen and oxygen atoms in total. The average Bonchev–Trinajstić information content (AvgIpc) is 3.36. The summed E-state index contributed by atoms with van der Waals surface area (Å²) in [5.74, 6) is 0.0215. The quantitative estimate of drug-likeness (QED) is 0.555. The minimum Gasteiger partial charge on any atom is -0.372 e. The third-order valence-corrected chi connectivity index (χ3v) is 6.31. The molecule has 150 valence electrons. The molecule has 0 radical (unpaired) electrons. The Balaban J connectivity index is 1.57. The molecule has 0 saturated carbocycles. The maximum absolute atomic E-state index is 13.0. The number of hydrogen-bond donors (Lipinski definition) is 0. The third kappa shape index (κ3) is 4.68. The number of nitrogens with zero attached hydrogens (tertiary/aromatic N) is 3. The Kier molecular flexibility index (Phi) is 6.26. The van der Waals surface area contributed by atoms with Crippen molar-refractivity contribution in [2.75, 3.05) is 24.5 Å². The molecule has 1 amide bonds. The van der Waals surface area contributed by atoms with Crippen molar-refractivity contribution < 1.29 is 4.79 Å². The average molecular weight is 426 g/mol. The zero-order chi connectivity index (χ0) is 20.2. The summed E-state index contributed by atoms with van der Waals surface area (Å²) in [4.78, 5) is 22.5. The number of aliphatic imine (C=N–C) groups is 1. The Labute approximate surface area is 181 Å². The van der Waals surface area contributed by atoms with Gasteiger partial charge in [-0.2, -0.15) is 0 Å². The zero-order valence-corrected chi connectivity index (χ0v) is 18.0. The van der Waals surface area contributed by atoms with E-state index in [0.29, 0.717) is 16.5 Å². The summed E-state index contributed by atoms with van der Waals surface area (Å²) in [5, 5.41) is 1.39. The lowest BCUT2D eigenvalue weighted by molar-refractivity contribution is -0.122. The van der Waals surface area contributed by atoms with Crippen molar-refractivity contribution >= 4 is 51.9 Å². The minimum atomic E-state index is 0.0215. The van der Waals surface area contributed by atoms with Crippen LogP contribution < -0.4 is 4.90 Å². The summed E-state index contributed by atoms with van der Waals surface area (Å²) in [5.41, 5.74) is 3.09. The lowest BCUT2D eigenvalue weighted by Gasteiger charge is -2.17. The molecule has 4 rings (SSSR count). The molecule has 2 saturated heterocycles. The van der Waals surface area contributed by atoms with E-state index in [1.54, 1.807) is 4.90 Å². The van der Waals surface area contributed by atoms with Gasteiger partial charge in [0.15, 0.2) is 5.17 Å². The van der Waals surface area contributed by atoms with Gasteiger partial charge in [0.1, 0.15) is 0 Å². The monoisotopic (exact) mass is 425 g/mol. The molecule has 0 bridgehead atoms. The lowest BCUT2D eigenvalue weighted by Crippen LogP contribution is -2.29. The number of rotatable bonds is 5. The smallest absolute Gasteiger partial charge is 0.266 e. The topological polar surface area (TPSA) is 35.9 Å². The molecule has 6 heteroatoms. The van der Waals surface area contributed by atoms with E-state index in [0.717, 1.165) is 35.9 Å². The van der Waals surface area contributed by atoms with Crippen LogP contribution in [0.1, 0.15) is 31.7 Å². The first-order chi connectivity index (χ1) is 14.1. The number of benzene rings is 2. The van der Waals surface area contributed by atoms with Crippen molar-refractivity contribution in [3.63, 3.8) is 0 Å². The molecule has 0 atom stereocenters. The van der Waals surface area contributed by atoms with Crippen molar-refractivity contribution in [3.05, 3.63) is 64.0 Å². The van der Waals surface area contributed by atoms with Gasteiger partial charge < -0.3 is 4.90 Å². The molecule has 0 spiro atoms. The maximum Gasteiger partial charge on any atom is 0.266 e. The maximum atomic E-state index is 13.0. The molecular formula is C23H24ClN3OS. The van der Waals surface area contributed by atoms with E-state index >= 15 is 0 Å². The molecule has 2 aliphatic heterocycles. The van der Waals surface area contributed by atoms with Gasteiger partial charge >= 0.3 is 0 Å². The fraction of sp³-hybridized carbons (Fsp3) is 0.304. The summed E-state index contributed by atoms with van der Waals surface area (Å²) in [6.07, 6.45) is 5.37. The highest BCUT2D eigenvalue weighted by Gasteiger charge is 2.32. The molecule has 2 heterocycles. The van der Waals surface area contributed by atoms with E-state index in [9.17, 15) is 4.79 Å². The Hall–Kier alpha value is -2.24. The van der Waals surface area contributed by atoms with E-state index in [1.807, 2.05) is 30.3 Å². The Bertz CT molecular complexity index is 932. The summed E-state index contributed by atoms with van der Waals surface area (Å²) in [6.45, 7) is 4.98. The Morgan fingerprint density at radius 1 is 1.07 bits per heavy atom. The van der Waals surface area contributed by atoms with Gasteiger partial charge in [-0.25, -0.2) is 4.99 Å². The minimum absolute atomic E-state index is 0.0215. The Morgan fingerprint density at radius 2 is 1.76 bits per heavy atom. The van der Waals surface area contributed by atoms with Crippen LogP contribution in [-0.4, -0.2) is 35.6 Å². The van der Waals surface area contributed by atoms with Crippen LogP contribution in [0.3, 0.4) is 0 Å². The summed E-state index contributed by atoms with van der Waals surface area (Å²) >= 11 is 7.40. The van der Waals surface area contributed by atoms with E-state index in [-0.39, 0.29) is 5.91 Å². The predicted molar refractivity (Wildman–Crippen MR) is 124 cm³/mol. The van der Waals surface area contributed by atoms with Crippen molar-refractivity contribution in [2.45, 2.75) is 26.2 Å². The number of hydrogen-bond acceptors (Lipinski definition) is 4. The summed E-state index contributed by atoms with van der Waals surface area (Å²) < 4.78 is 0.